The first kappa shape index (κ1) is 16.0. The summed E-state index contributed by atoms with van der Waals surface area (Å²) < 4.78 is 5.16. The van der Waals surface area contributed by atoms with E-state index in [0.29, 0.717) is 0 Å². The molecule has 1 amide bonds. The third-order valence-electron chi connectivity index (χ3n) is 2.69. The van der Waals surface area contributed by atoms with Crippen molar-refractivity contribution in [1.29, 1.82) is 0 Å². The number of amides is 1. The summed E-state index contributed by atoms with van der Waals surface area (Å²) in [6, 6.07) is 8.02. The Kier molecular flexibility index (Phi) is 5.13. The monoisotopic (exact) mass is 278 g/mol. The molecular formula is C15H20NO4-. The maximum atomic E-state index is 11.9. The zero-order valence-electron chi connectivity index (χ0n) is 12.3. The zero-order valence-corrected chi connectivity index (χ0v) is 12.3. The lowest BCUT2D eigenvalue weighted by atomic mass is 10.1. The van der Waals surface area contributed by atoms with Crippen LogP contribution >= 0.6 is 0 Å². The second-order valence-electron chi connectivity index (χ2n) is 5.62. The summed E-state index contributed by atoms with van der Waals surface area (Å²) in [6.07, 6.45) is -0.499. The third kappa shape index (κ3) is 4.91. The Morgan fingerprint density at radius 2 is 1.80 bits per heavy atom. The van der Waals surface area contributed by atoms with Gasteiger partial charge >= 0.3 is 6.09 Å². The van der Waals surface area contributed by atoms with Crippen molar-refractivity contribution in [2.24, 2.45) is 0 Å². The molecule has 1 atom stereocenters. The molecule has 0 saturated carbocycles. The van der Waals surface area contributed by atoms with Crippen molar-refractivity contribution in [2.75, 3.05) is 7.05 Å². The zero-order chi connectivity index (χ0) is 15.3. The van der Waals surface area contributed by atoms with Crippen molar-refractivity contribution < 1.29 is 19.4 Å². The number of carboxylic acid groups (broad SMARTS) is 1. The SMILES string of the molecule is CN(C(=O)OC(C)(C)C)[C@@H](Cc1ccccc1)C(=O)[O-]. The van der Waals surface area contributed by atoms with E-state index in [1.807, 2.05) is 18.2 Å². The number of nitrogens with zero attached hydrogens (tertiary/aromatic N) is 1. The van der Waals surface area contributed by atoms with Crippen LogP contribution in [0.2, 0.25) is 0 Å². The molecule has 1 aromatic carbocycles. The Balaban J connectivity index is 2.81. The van der Waals surface area contributed by atoms with Gasteiger partial charge in [-0.2, -0.15) is 0 Å². The maximum absolute atomic E-state index is 11.9. The molecule has 0 heterocycles. The fourth-order valence-corrected chi connectivity index (χ4v) is 1.68. The van der Waals surface area contributed by atoms with E-state index in [4.69, 9.17) is 4.74 Å². The Labute approximate surface area is 119 Å². The van der Waals surface area contributed by atoms with Gasteiger partial charge in [0.25, 0.3) is 0 Å². The van der Waals surface area contributed by atoms with Crippen molar-refractivity contribution in [3.63, 3.8) is 0 Å². The van der Waals surface area contributed by atoms with Crippen LogP contribution in [-0.2, 0) is 16.0 Å². The predicted molar refractivity (Wildman–Crippen MR) is 72.9 cm³/mol. The lowest BCUT2D eigenvalue weighted by molar-refractivity contribution is -0.310. The minimum atomic E-state index is -1.30. The number of benzene rings is 1. The van der Waals surface area contributed by atoms with Crippen LogP contribution in [-0.4, -0.2) is 35.7 Å². The van der Waals surface area contributed by atoms with Gasteiger partial charge in [-0.1, -0.05) is 30.3 Å². The Morgan fingerprint density at radius 3 is 2.25 bits per heavy atom. The quantitative estimate of drug-likeness (QED) is 0.830. The number of carbonyl (C=O) groups excluding carboxylic acids is 2. The largest absolute Gasteiger partial charge is 0.548 e. The highest BCUT2D eigenvalue weighted by Gasteiger charge is 2.26. The van der Waals surface area contributed by atoms with Crippen LogP contribution in [0.1, 0.15) is 26.3 Å². The average Bonchev–Trinajstić information content (AvgIpc) is 2.34. The van der Waals surface area contributed by atoms with Crippen molar-refractivity contribution in [3.8, 4) is 0 Å². The molecule has 0 aliphatic carbocycles. The molecule has 0 radical (unpaired) electrons. The second-order valence-corrected chi connectivity index (χ2v) is 5.62. The molecule has 0 spiro atoms. The van der Waals surface area contributed by atoms with E-state index >= 15 is 0 Å². The van der Waals surface area contributed by atoms with Gasteiger partial charge in [0.05, 0.1) is 12.0 Å². The number of hydrogen-bond acceptors (Lipinski definition) is 4. The first-order chi connectivity index (χ1) is 9.20. The highest BCUT2D eigenvalue weighted by atomic mass is 16.6. The molecule has 0 aliphatic heterocycles. The van der Waals surface area contributed by atoms with E-state index < -0.39 is 23.7 Å². The molecule has 5 nitrogen and oxygen atoms in total. The van der Waals surface area contributed by atoms with Crippen molar-refractivity contribution in [2.45, 2.75) is 38.8 Å². The normalized spacial score (nSPS) is 12.6. The number of aliphatic carboxylic acids is 1. The van der Waals surface area contributed by atoms with Gasteiger partial charge in [-0.05, 0) is 32.8 Å². The van der Waals surface area contributed by atoms with Gasteiger partial charge in [0.15, 0.2) is 0 Å². The van der Waals surface area contributed by atoms with Gasteiger partial charge < -0.3 is 19.5 Å². The smallest absolute Gasteiger partial charge is 0.410 e. The van der Waals surface area contributed by atoms with Gasteiger partial charge in [0, 0.05) is 7.05 Å². The highest BCUT2D eigenvalue weighted by molar-refractivity contribution is 5.79. The average molecular weight is 278 g/mol. The number of rotatable bonds is 4. The summed E-state index contributed by atoms with van der Waals surface area (Å²) in [6.45, 7) is 5.18. The molecule has 0 fully saturated rings. The summed E-state index contributed by atoms with van der Waals surface area (Å²) in [4.78, 5) is 24.2. The molecule has 0 N–H and O–H groups in total. The lowest BCUT2D eigenvalue weighted by Crippen LogP contribution is -2.51. The third-order valence-corrected chi connectivity index (χ3v) is 2.69. The lowest BCUT2D eigenvalue weighted by Gasteiger charge is -2.31. The predicted octanol–water partition coefficient (Wildman–Crippen LogP) is 1.21. The summed E-state index contributed by atoms with van der Waals surface area (Å²) in [5.74, 6) is -1.30. The van der Waals surface area contributed by atoms with Gasteiger partial charge in [-0.3, -0.25) is 0 Å². The molecule has 20 heavy (non-hydrogen) atoms. The molecular weight excluding hydrogens is 258 g/mol. The van der Waals surface area contributed by atoms with E-state index in [0.717, 1.165) is 10.5 Å². The molecule has 5 heteroatoms. The number of hydrogen-bond donors (Lipinski definition) is 0. The molecule has 1 rings (SSSR count). The maximum Gasteiger partial charge on any atom is 0.410 e. The Morgan fingerprint density at radius 1 is 1.25 bits per heavy atom. The van der Waals surface area contributed by atoms with Crippen LogP contribution in [0.5, 0.6) is 0 Å². The molecule has 110 valence electrons. The van der Waals surface area contributed by atoms with Crippen LogP contribution in [0.4, 0.5) is 4.79 Å². The molecule has 0 saturated heterocycles. The summed E-state index contributed by atoms with van der Waals surface area (Å²) in [5.41, 5.74) is 0.145. The standard InChI is InChI=1S/C15H21NO4/c1-15(2,3)20-14(19)16(4)12(13(17)18)10-11-8-6-5-7-9-11/h5-9,12H,10H2,1-4H3,(H,17,18)/p-1/t12-/m0/s1. The fourth-order valence-electron chi connectivity index (χ4n) is 1.68. The van der Waals surface area contributed by atoms with Crippen LogP contribution < -0.4 is 5.11 Å². The van der Waals surface area contributed by atoms with Crippen molar-refractivity contribution >= 4 is 12.1 Å². The Hall–Kier alpha value is -2.04. The molecule has 0 aromatic heterocycles. The number of carboxylic acids is 1. The summed E-state index contributed by atoms with van der Waals surface area (Å²) in [7, 11) is 1.40. The van der Waals surface area contributed by atoms with Gasteiger partial charge in [0.1, 0.15) is 5.60 Å². The summed E-state index contributed by atoms with van der Waals surface area (Å²) >= 11 is 0. The van der Waals surface area contributed by atoms with E-state index in [-0.39, 0.29) is 6.42 Å². The van der Waals surface area contributed by atoms with Gasteiger partial charge in [-0.15, -0.1) is 0 Å². The van der Waals surface area contributed by atoms with Crippen molar-refractivity contribution in [3.05, 3.63) is 35.9 Å². The van der Waals surface area contributed by atoms with Crippen LogP contribution in [0.25, 0.3) is 0 Å². The van der Waals surface area contributed by atoms with Crippen molar-refractivity contribution in [1.82, 2.24) is 4.90 Å². The Bertz CT molecular complexity index is 465. The van der Waals surface area contributed by atoms with E-state index in [9.17, 15) is 14.7 Å². The van der Waals surface area contributed by atoms with Crippen LogP contribution in [0, 0.1) is 0 Å². The fraction of sp³-hybridized carbons (Fsp3) is 0.467. The molecule has 0 bridgehead atoms. The second kappa shape index (κ2) is 6.41. The van der Waals surface area contributed by atoms with Crippen LogP contribution in [0.3, 0.4) is 0 Å². The number of carbonyl (C=O) groups is 2. The first-order valence-electron chi connectivity index (χ1n) is 6.41. The number of likely N-dealkylation sites (N-methyl/N-ethyl adjacent to an activating group) is 1. The van der Waals surface area contributed by atoms with Gasteiger partial charge in [-0.25, -0.2) is 4.79 Å². The van der Waals surface area contributed by atoms with E-state index in [1.54, 1.807) is 32.9 Å². The molecule has 0 aliphatic rings. The minimum absolute atomic E-state index is 0.179. The van der Waals surface area contributed by atoms with Gasteiger partial charge in [0.2, 0.25) is 0 Å². The number of ether oxygens (including phenoxy) is 1. The highest BCUT2D eigenvalue weighted by Crippen LogP contribution is 2.13. The topological polar surface area (TPSA) is 69.7 Å². The first-order valence-corrected chi connectivity index (χ1v) is 6.41. The van der Waals surface area contributed by atoms with E-state index in [2.05, 4.69) is 0 Å². The molecule has 0 unspecified atom stereocenters. The minimum Gasteiger partial charge on any atom is -0.548 e. The molecule has 1 aromatic rings. The van der Waals surface area contributed by atoms with E-state index in [1.165, 1.54) is 7.05 Å². The summed E-state index contributed by atoms with van der Waals surface area (Å²) in [5, 5.41) is 11.3. The van der Waals surface area contributed by atoms with Crippen LogP contribution in [0.15, 0.2) is 30.3 Å².